The van der Waals surface area contributed by atoms with Crippen LogP contribution >= 0.6 is 11.6 Å². The van der Waals surface area contributed by atoms with Crippen LogP contribution in [0.2, 0.25) is 5.02 Å². The molecule has 6 nitrogen and oxygen atoms in total. The number of nitrogens with two attached hydrogens (primary N) is 1. The smallest absolute Gasteiger partial charge is 0.293 e. The Morgan fingerprint density at radius 3 is 2.81 bits per heavy atom. The summed E-state index contributed by atoms with van der Waals surface area (Å²) in [6.07, 6.45) is 0. The lowest BCUT2D eigenvalue weighted by atomic mass is 10.2. The van der Waals surface area contributed by atoms with Gasteiger partial charge in [0, 0.05) is 6.07 Å². The number of hydrogen-bond donors (Lipinski definition) is 2. The fourth-order valence-electron chi connectivity index (χ4n) is 1.70. The summed E-state index contributed by atoms with van der Waals surface area (Å²) in [7, 11) is 0. The van der Waals surface area contributed by atoms with Gasteiger partial charge >= 0.3 is 0 Å². The third kappa shape index (κ3) is 3.39. The Morgan fingerprint density at radius 2 is 2.14 bits per heavy atom. The van der Waals surface area contributed by atoms with E-state index in [2.05, 4.69) is 5.43 Å². The first-order valence-corrected chi connectivity index (χ1v) is 6.21. The van der Waals surface area contributed by atoms with E-state index in [0.29, 0.717) is 5.56 Å². The average molecular weight is 312 g/mol. The van der Waals surface area contributed by atoms with Gasteiger partial charge in [-0.1, -0.05) is 17.7 Å². The second-order valence-corrected chi connectivity index (χ2v) is 4.50. The third-order valence-corrected chi connectivity index (χ3v) is 3.02. The Kier molecular flexibility index (Phi) is 4.56. The van der Waals surface area contributed by atoms with Crippen molar-refractivity contribution in [2.24, 2.45) is 5.84 Å². The second-order valence-electron chi connectivity index (χ2n) is 4.09. The minimum absolute atomic E-state index is 0.00288. The summed E-state index contributed by atoms with van der Waals surface area (Å²) >= 11 is 5.64. The number of anilines is 1. The Hall–Kier alpha value is -2.38. The van der Waals surface area contributed by atoms with E-state index in [4.69, 9.17) is 22.2 Å². The molecule has 2 aromatic rings. The van der Waals surface area contributed by atoms with Crippen molar-refractivity contribution < 1.29 is 14.1 Å². The number of nitrogens with zero attached hydrogens (tertiary/aromatic N) is 1. The first kappa shape index (κ1) is 15.0. The summed E-state index contributed by atoms with van der Waals surface area (Å²) in [5.41, 5.74) is 2.82. The second kappa shape index (κ2) is 6.38. The molecule has 0 aromatic heterocycles. The Labute approximate surface area is 124 Å². The van der Waals surface area contributed by atoms with Crippen LogP contribution in [0.5, 0.6) is 5.75 Å². The number of rotatable bonds is 5. The predicted octanol–water partition coefficient (Wildman–Crippen LogP) is 3.25. The van der Waals surface area contributed by atoms with Crippen LogP contribution in [0, 0.1) is 15.9 Å². The molecule has 0 aliphatic rings. The van der Waals surface area contributed by atoms with Gasteiger partial charge in [0.05, 0.1) is 9.95 Å². The van der Waals surface area contributed by atoms with Crippen molar-refractivity contribution in [3.63, 3.8) is 0 Å². The third-order valence-electron chi connectivity index (χ3n) is 2.72. The topological polar surface area (TPSA) is 90.4 Å². The fourth-order valence-corrected chi connectivity index (χ4v) is 1.87. The molecule has 0 saturated heterocycles. The zero-order valence-corrected chi connectivity index (χ0v) is 11.4. The molecule has 8 heteroatoms. The molecule has 110 valence electrons. The van der Waals surface area contributed by atoms with Crippen molar-refractivity contribution in [1.82, 2.24) is 0 Å². The van der Waals surface area contributed by atoms with Gasteiger partial charge in [0.2, 0.25) is 0 Å². The maximum absolute atomic E-state index is 13.6. The van der Waals surface area contributed by atoms with E-state index in [1.165, 1.54) is 30.3 Å². The van der Waals surface area contributed by atoms with Gasteiger partial charge < -0.3 is 10.2 Å². The van der Waals surface area contributed by atoms with Crippen molar-refractivity contribution in [3.8, 4) is 5.75 Å². The number of ether oxygens (including phenoxy) is 1. The minimum atomic E-state index is -0.654. The van der Waals surface area contributed by atoms with Gasteiger partial charge in [-0.25, -0.2) is 4.39 Å². The molecule has 2 aromatic carbocycles. The van der Waals surface area contributed by atoms with Gasteiger partial charge in [-0.3, -0.25) is 16.0 Å². The van der Waals surface area contributed by atoms with E-state index in [0.717, 1.165) is 0 Å². The molecule has 0 fully saturated rings. The van der Waals surface area contributed by atoms with Crippen LogP contribution in [0.15, 0.2) is 36.4 Å². The largest absolute Gasteiger partial charge is 0.486 e. The number of halogens is 2. The van der Waals surface area contributed by atoms with E-state index in [9.17, 15) is 14.5 Å². The molecule has 0 amide bonds. The van der Waals surface area contributed by atoms with Gasteiger partial charge in [0.25, 0.3) is 5.69 Å². The fraction of sp³-hybridized carbons (Fsp3) is 0.0769. The van der Waals surface area contributed by atoms with Crippen LogP contribution in [0.4, 0.5) is 15.8 Å². The summed E-state index contributed by atoms with van der Waals surface area (Å²) in [6.45, 7) is 0.0178. The molecule has 0 unspecified atom stereocenters. The highest BCUT2D eigenvalue weighted by atomic mass is 35.5. The number of nitrogens with one attached hydrogen (secondary N) is 1. The number of hydrogen-bond acceptors (Lipinski definition) is 5. The van der Waals surface area contributed by atoms with Crippen LogP contribution in [0.1, 0.15) is 5.56 Å². The van der Waals surface area contributed by atoms with E-state index < -0.39 is 10.7 Å². The standard InChI is InChI=1S/C13H11ClFN3O3/c14-9-2-1-3-12(13(9)15)21-7-8-4-5-11(18(19)20)10(6-8)17-16/h1-6,17H,7,16H2. The summed E-state index contributed by atoms with van der Waals surface area (Å²) in [5.74, 6) is 4.58. The number of benzene rings is 2. The predicted molar refractivity (Wildman–Crippen MR) is 76.6 cm³/mol. The summed E-state index contributed by atoms with van der Waals surface area (Å²) in [4.78, 5) is 10.2. The molecular weight excluding hydrogens is 301 g/mol. The highest BCUT2D eigenvalue weighted by Crippen LogP contribution is 2.27. The first-order valence-electron chi connectivity index (χ1n) is 5.83. The molecule has 0 aliphatic carbocycles. The maximum Gasteiger partial charge on any atom is 0.293 e. The van der Waals surface area contributed by atoms with Gasteiger partial charge in [-0.15, -0.1) is 0 Å². The highest BCUT2D eigenvalue weighted by Gasteiger charge is 2.14. The molecule has 21 heavy (non-hydrogen) atoms. The lowest BCUT2D eigenvalue weighted by Gasteiger charge is -2.09. The monoisotopic (exact) mass is 311 g/mol. The Morgan fingerprint density at radius 1 is 1.38 bits per heavy atom. The molecule has 2 rings (SSSR count). The van der Waals surface area contributed by atoms with Crippen LogP contribution in [-0.4, -0.2) is 4.92 Å². The van der Waals surface area contributed by atoms with Crippen molar-refractivity contribution in [1.29, 1.82) is 0 Å². The van der Waals surface area contributed by atoms with Crippen LogP contribution < -0.4 is 16.0 Å². The van der Waals surface area contributed by atoms with E-state index in [1.807, 2.05) is 0 Å². The van der Waals surface area contributed by atoms with E-state index >= 15 is 0 Å². The number of hydrazine groups is 1. The quantitative estimate of drug-likeness (QED) is 0.502. The maximum atomic E-state index is 13.6. The molecule has 0 saturated carbocycles. The summed E-state index contributed by atoms with van der Waals surface area (Å²) in [6, 6.07) is 8.66. The SMILES string of the molecule is NNc1cc(COc2cccc(Cl)c2F)ccc1[N+](=O)[O-]. The lowest BCUT2D eigenvalue weighted by molar-refractivity contribution is -0.384. The Bertz CT molecular complexity index is 682. The molecule has 0 radical (unpaired) electrons. The van der Waals surface area contributed by atoms with E-state index in [-0.39, 0.29) is 28.8 Å². The van der Waals surface area contributed by atoms with E-state index in [1.54, 1.807) is 6.07 Å². The average Bonchev–Trinajstić information content (AvgIpc) is 2.48. The molecule has 0 atom stereocenters. The van der Waals surface area contributed by atoms with Crippen molar-refractivity contribution in [3.05, 3.63) is 62.9 Å². The van der Waals surface area contributed by atoms with Gasteiger partial charge in [-0.05, 0) is 29.8 Å². The van der Waals surface area contributed by atoms with Crippen molar-refractivity contribution in [2.75, 3.05) is 5.43 Å². The first-order chi connectivity index (χ1) is 10.0. The zero-order valence-electron chi connectivity index (χ0n) is 10.7. The normalized spacial score (nSPS) is 10.2. The van der Waals surface area contributed by atoms with Crippen LogP contribution in [0.3, 0.4) is 0 Å². The Balaban J connectivity index is 2.17. The molecule has 3 N–H and O–H groups in total. The van der Waals surface area contributed by atoms with Gasteiger partial charge in [0.15, 0.2) is 11.6 Å². The minimum Gasteiger partial charge on any atom is -0.486 e. The molecule has 0 aliphatic heterocycles. The summed E-state index contributed by atoms with van der Waals surface area (Å²) in [5, 5.41) is 10.7. The van der Waals surface area contributed by atoms with Crippen molar-refractivity contribution in [2.45, 2.75) is 6.61 Å². The van der Waals surface area contributed by atoms with Crippen LogP contribution in [0.25, 0.3) is 0 Å². The molecular formula is C13H11ClFN3O3. The number of nitro groups is 1. The summed E-state index contributed by atoms with van der Waals surface area (Å²) < 4.78 is 18.9. The van der Waals surface area contributed by atoms with Crippen molar-refractivity contribution >= 4 is 23.0 Å². The van der Waals surface area contributed by atoms with Crippen LogP contribution in [-0.2, 0) is 6.61 Å². The lowest BCUT2D eigenvalue weighted by Crippen LogP contribution is -2.10. The molecule has 0 heterocycles. The highest BCUT2D eigenvalue weighted by molar-refractivity contribution is 6.30. The van der Waals surface area contributed by atoms with Gasteiger partial charge in [0.1, 0.15) is 12.3 Å². The molecule has 0 spiro atoms. The number of nitro benzene ring substituents is 1. The zero-order chi connectivity index (χ0) is 15.4. The number of nitrogen functional groups attached to an aromatic ring is 1. The van der Waals surface area contributed by atoms with Gasteiger partial charge in [-0.2, -0.15) is 0 Å². The molecule has 0 bridgehead atoms.